The number of nitrogens with one attached hydrogen (secondary N) is 1. The van der Waals surface area contributed by atoms with Gasteiger partial charge in [-0.3, -0.25) is 10.3 Å². The number of likely N-dealkylation sites (N-methyl/N-ethyl adjacent to an activating group) is 2. The summed E-state index contributed by atoms with van der Waals surface area (Å²) in [7, 11) is 1.64. The van der Waals surface area contributed by atoms with Gasteiger partial charge in [0, 0.05) is 13.6 Å². The summed E-state index contributed by atoms with van der Waals surface area (Å²) in [5.41, 5.74) is 0. The summed E-state index contributed by atoms with van der Waals surface area (Å²) < 4.78 is 0. The van der Waals surface area contributed by atoms with Crippen molar-refractivity contribution >= 4 is 11.9 Å². The molecule has 11 heavy (non-hydrogen) atoms. The average Bonchev–Trinajstić information content (AvgIpc) is 2.17. The molecule has 2 amide bonds. The van der Waals surface area contributed by atoms with Gasteiger partial charge in [-0.15, -0.1) is 0 Å². The minimum absolute atomic E-state index is 0.0579. The normalized spacial score (nSPS) is 25.2. The number of rotatable bonds is 1. The lowest BCUT2D eigenvalue weighted by molar-refractivity contribution is 0.196. The lowest BCUT2D eigenvalue weighted by Crippen LogP contribution is -2.32. The Bertz CT molecular complexity index is 202. The Labute approximate surface area is 66.3 Å². The van der Waals surface area contributed by atoms with Gasteiger partial charge in [-0.05, 0) is 13.8 Å². The van der Waals surface area contributed by atoms with Crippen LogP contribution >= 0.6 is 0 Å². The number of urea groups is 1. The molecule has 1 N–H and O–H groups in total. The lowest BCUT2D eigenvalue weighted by atomic mass is 10.3. The van der Waals surface area contributed by atoms with Crippen molar-refractivity contribution in [1.29, 1.82) is 5.41 Å². The van der Waals surface area contributed by atoms with Gasteiger partial charge in [-0.2, -0.15) is 0 Å². The molecule has 62 valence electrons. The first-order valence-electron chi connectivity index (χ1n) is 3.72. The predicted molar refractivity (Wildman–Crippen MR) is 42.7 cm³/mol. The standard InChI is InChI=1S/C7H13N3O/c1-4-10-5(2)6(8)9(3)7(10)11/h5,8H,4H2,1-3H3. The van der Waals surface area contributed by atoms with Crippen LogP contribution in [-0.2, 0) is 0 Å². The zero-order valence-electron chi connectivity index (χ0n) is 7.09. The fourth-order valence-electron chi connectivity index (χ4n) is 1.30. The number of nitrogens with zero attached hydrogens (tertiary/aromatic N) is 2. The SMILES string of the molecule is CCN1C(=O)N(C)C(=N)C1C. The second-order valence-electron chi connectivity index (χ2n) is 2.69. The summed E-state index contributed by atoms with van der Waals surface area (Å²) in [5, 5.41) is 7.49. The van der Waals surface area contributed by atoms with E-state index in [1.54, 1.807) is 11.9 Å². The summed E-state index contributed by atoms with van der Waals surface area (Å²) in [4.78, 5) is 14.3. The van der Waals surface area contributed by atoms with Crippen molar-refractivity contribution < 1.29 is 4.79 Å². The second kappa shape index (κ2) is 2.53. The molecular weight excluding hydrogens is 142 g/mol. The van der Waals surface area contributed by atoms with E-state index in [0.717, 1.165) is 0 Å². The van der Waals surface area contributed by atoms with Gasteiger partial charge in [-0.25, -0.2) is 4.79 Å². The maximum atomic E-state index is 11.3. The summed E-state index contributed by atoms with van der Waals surface area (Å²) in [6.45, 7) is 4.46. The molecule has 1 fully saturated rings. The van der Waals surface area contributed by atoms with Gasteiger partial charge in [0.25, 0.3) is 0 Å². The second-order valence-corrected chi connectivity index (χ2v) is 2.69. The van der Waals surface area contributed by atoms with E-state index in [1.165, 1.54) is 4.90 Å². The molecule has 4 heteroatoms. The van der Waals surface area contributed by atoms with E-state index in [4.69, 9.17) is 5.41 Å². The van der Waals surface area contributed by atoms with E-state index < -0.39 is 0 Å². The molecule has 0 saturated carbocycles. The number of amidine groups is 1. The quantitative estimate of drug-likeness (QED) is 0.596. The van der Waals surface area contributed by atoms with Gasteiger partial charge in [0.2, 0.25) is 0 Å². The van der Waals surface area contributed by atoms with Crippen molar-refractivity contribution in [3.63, 3.8) is 0 Å². The van der Waals surface area contributed by atoms with Crippen LogP contribution < -0.4 is 0 Å². The highest BCUT2D eigenvalue weighted by atomic mass is 16.2. The molecule has 1 saturated heterocycles. The minimum atomic E-state index is -0.0648. The molecule has 4 nitrogen and oxygen atoms in total. The van der Waals surface area contributed by atoms with Crippen molar-refractivity contribution in [3.8, 4) is 0 Å². The summed E-state index contributed by atoms with van der Waals surface area (Å²) >= 11 is 0. The predicted octanol–water partition coefficient (Wildman–Crippen LogP) is 0.739. The molecule has 0 aliphatic carbocycles. The third-order valence-electron chi connectivity index (χ3n) is 2.10. The molecule has 1 atom stereocenters. The monoisotopic (exact) mass is 155 g/mol. The topological polar surface area (TPSA) is 47.4 Å². The van der Waals surface area contributed by atoms with Gasteiger partial charge in [0.15, 0.2) is 0 Å². The van der Waals surface area contributed by atoms with Crippen LogP contribution in [0.4, 0.5) is 4.79 Å². The molecule has 0 aromatic rings. The fourth-order valence-corrected chi connectivity index (χ4v) is 1.30. The Morgan fingerprint density at radius 1 is 1.64 bits per heavy atom. The van der Waals surface area contributed by atoms with Crippen molar-refractivity contribution in [2.24, 2.45) is 0 Å². The fraction of sp³-hybridized carbons (Fsp3) is 0.714. The van der Waals surface area contributed by atoms with E-state index in [1.807, 2.05) is 13.8 Å². The van der Waals surface area contributed by atoms with E-state index in [9.17, 15) is 4.79 Å². The summed E-state index contributed by atoms with van der Waals surface area (Å²) in [6, 6.07) is -0.123. The number of carbonyl (C=O) groups is 1. The van der Waals surface area contributed by atoms with Gasteiger partial charge >= 0.3 is 6.03 Å². The molecule has 1 aliphatic heterocycles. The van der Waals surface area contributed by atoms with Crippen LogP contribution in [0.25, 0.3) is 0 Å². The molecule has 1 aliphatic rings. The van der Waals surface area contributed by atoms with Gasteiger partial charge < -0.3 is 4.90 Å². The third kappa shape index (κ3) is 0.982. The largest absolute Gasteiger partial charge is 0.325 e. The smallest absolute Gasteiger partial charge is 0.315 e. The van der Waals surface area contributed by atoms with Crippen molar-refractivity contribution in [2.45, 2.75) is 19.9 Å². The van der Waals surface area contributed by atoms with Crippen molar-refractivity contribution in [1.82, 2.24) is 9.80 Å². The van der Waals surface area contributed by atoms with Crippen LogP contribution in [0.5, 0.6) is 0 Å². The van der Waals surface area contributed by atoms with E-state index in [0.29, 0.717) is 12.4 Å². The van der Waals surface area contributed by atoms with E-state index in [-0.39, 0.29) is 12.1 Å². The number of carbonyl (C=O) groups excluding carboxylic acids is 1. The van der Waals surface area contributed by atoms with Crippen LogP contribution in [0.15, 0.2) is 0 Å². The highest BCUT2D eigenvalue weighted by Crippen LogP contribution is 2.14. The third-order valence-corrected chi connectivity index (χ3v) is 2.10. The first kappa shape index (κ1) is 8.04. The molecule has 0 aromatic heterocycles. The maximum absolute atomic E-state index is 11.3. The molecule has 0 radical (unpaired) electrons. The van der Waals surface area contributed by atoms with E-state index >= 15 is 0 Å². The molecule has 0 aromatic carbocycles. The highest BCUT2D eigenvalue weighted by molar-refractivity contribution is 6.04. The summed E-state index contributed by atoms with van der Waals surface area (Å²) in [5.74, 6) is 0.386. The Morgan fingerprint density at radius 3 is 2.36 bits per heavy atom. The average molecular weight is 155 g/mol. The zero-order chi connectivity index (χ0) is 8.59. The molecule has 1 rings (SSSR count). The Morgan fingerprint density at radius 2 is 2.18 bits per heavy atom. The lowest BCUT2D eigenvalue weighted by Gasteiger charge is -2.15. The van der Waals surface area contributed by atoms with Crippen LogP contribution in [-0.4, -0.2) is 41.3 Å². The van der Waals surface area contributed by atoms with Crippen LogP contribution in [0.3, 0.4) is 0 Å². The summed E-state index contributed by atoms with van der Waals surface area (Å²) in [6.07, 6.45) is 0. The Kier molecular flexibility index (Phi) is 1.85. The molecule has 0 bridgehead atoms. The highest BCUT2D eigenvalue weighted by Gasteiger charge is 2.35. The van der Waals surface area contributed by atoms with Gasteiger partial charge in [0.1, 0.15) is 5.84 Å². The van der Waals surface area contributed by atoms with Crippen LogP contribution in [0.2, 0.25) is 0 Å². The molecular formula is C7H13N3O. The first-order chi connectivity index (χ1) is 5.09. The molecule has 0 spiro atoms. The first-order valence-corrected chi connectivity index (χ1v) is 3.72. The van der Waals surface area contributed by atoms with Crippen molar-refractivity contribution in [2.75, 3.05) is 13.6 Å². The molecule has 1 unspecified atom stereocenters. The Hall–Kier alpha value is -1.06. The number of amides is 2. The number of hydrogen-bond acceptors (Lipinski definition) is 2. The maximum Gasteiger partial charge on any atom is 0.325 e. The van der Waals surface area contributed by atoms with Crippen molar-refractivity contribution in [3.05, 3.63) is 0 Å². The van der Waals surface area contributed by atoms with Crippen LogP contribution in [0.1, 0.15) is 13.8 Å². The Balaban J connectivity index is 2.86. The molecule has 1 heterocycles. The van der Waals surface area contributed by atoms with Crippen LogP contribution in [0, 0.1) is 5.41 Å². The zero-order valence-corrected chi connectivity index (χ0v) is 7.09. The minimum Gasteiger partial charge on any atom is -0.315 e. The van der Waals surface area contributed by atoms with Gasteiger partial charge in [-0.1, -0.05) is 0 Å². The van der Waals surface area contributed by atoms with E-state index in [2.05, 4.69) is 0 Å². The number of hydrogen-bond donors (Lipinski definition) is 1. The van der Waals surface area contributed by atoms with Gasteiger partial charge in [0.05, 0.1) is 6.04 Å².